The smallest absolute Gasteiger partial charge is 0.182 e. The highest BCUT2D eigenvalue weighted by atomic mass is 79.9. The number of aryl methyl sites for hydroxylation is 1. The van der Waals surface area contributed by atoms with Crippen LogP contribution in [0.3, 0.4) is 0 Å². The summed E-state index contributed by atoms with van der Waals surface area (Å²) in [7, 11) is 0. The van der Waals surface area contributed by atoms with Crippen LogP contribution in [0.5, 0.6) is 5.75 Å². The van der Waals surface area contributed by atoms with Crippen molar-refractivity contribution >= 4 is 34.7 Å². The van der Waals surface area contributed by atoms with Crippen LogP contribution in [-0.4, -0.2) is 34.7 Å². The number of benzene rings is 2. The molecule has 2 aromatic carbocycles. The van der Waals surface area contributed by atoms with Crippen LogP contribution >= 0.6 is 17.0 Å². The summed E-state index contributed by atoms with van der Waals surface area (Å²) in [5, 5.41) is 19.9. The van der Waals surface area contributed by atoms with Gasteiger partial charge in [-0.3, -0.25) is 10.2 Å². The first-order valence-corrected chi connectivity index (χ1v) is 12.8. The number of hydrogen-bond donors (Lipinski definition) is 2. The predicted molar refractivity (Wildman–Crippen MR) is 157 cm³/mol. The van der Waals surface area contributed by atoms with E-state index in [0.717, 1.165) is 35.1 Å². The van der Waals surface area contributed by atoms with E-state index in [4.69, 9.17) is 5.41 Å². The minimum atomic E-state index is -0.295. The van der Waals surface area contributed by atoms with E-state index >= 15 is 0 Å². The van der Waals surface area contributed by atoms with Crippen molar-refractivity contribution in [2.45, 2.75) is 79.1 Å². The Bertz CT molecular complexity index is 1100. The Balaban J connectivity index is 0.00000456. The Morgan fingerprint density at radius 1 is 1.06 bits per heavy atom. The zero-order chi connectivity index (χ0) is 26.1. The Labute approximate surface area is 228 Å². The lowest BCUT2D eigenvalue weighted by molar-refractivity contribution is 0.0963. The van der Waals surface area contributed by atoms with Gasteiger partial charge in [0.05, 0.1) is 6.54 Å². The highest BCUT2D eigenvalue weighted by Gasteiger charge is 2.34. The zero-order valence-electron chi connectivity index (χ0n) is 23.2. The molecule has 0 spiro atoms. The minimum Gasteiger partial charge on any atom is -0.507 e. The van der Waals surface area contributed by atoms with E-state index in [-0.39, 0.29) is 51.8 Å². The fourth-order valence-electron chi connectivity index (χ4n) is 4.80. The van der Waals surface area contributed by atoms with Gasteiger partial charge in [-0.25, -0.2) is 0 Å². The quantitative estimate of drug-likeness (QED) is 0.357. The van der Waals surface area contributed by atoms with Crippen molar-refractivity contribution in [1.82, 2.24) is 4.90 Å². The second-order valence-corrected chi connectivity index (χ2v) is 12.1. The van der Waals surface area contributed by atoms with Gasteiger partial charge in [0.15, 0.2) is 5.78 Å². The van der Waals surface area contributed by atoms with E-state index < -0.39 is 0 Å². The first-order chi connectivity index (χ1) is 16.2. The first kappa shape index (κ1) is 29.8. The third-order valence-electron chi connectivity index (χ3n) is 6.89. The lowest BCUT2D eigenvalue weighted by atomic mass is 9.78. The number of ketones is 1. The summed E-state index contributed by atoms with van der Waals surface area (Å²) >= 11 is 0. The van der Waals surface area contributed by atoms with Gasteiger partial charge in [0.25, 0.3) is 0 Å². The van der Waals surface area contributed by atoms with Gasteiger partial charge >= 0.3 is 0 Å². The number of hydrogen-bond acceptors (Lipinski definition) is 3. The van der Waals surface area contributed by atoms with E-state index in [1.54, 1.807) is 0 Å². The van der Waals surface area contributed by atoms with Gasteiger partial charge in [-0.15, -0.1) is 17.0 Å². The van der Waals surface area contributed by atoms with Crippen molar-refractivity contribution in [3.63, 3.8) is 0 Å². The van der Waals surface area contributed by atoms with Gasteiger partial charge in [0.1, 0.15) is 11.6 Å². The molecule has 4 nitrogen and oxygen atoms in total. The number of amidine groups is 1. The molecule has 196 valence electrons. The van der Waals surface area contributed by atoms with Crippen molar-refractivity contribution in [1.29, 1.82) is 5.41 Å². The monoisotopic (exact) mass is 554 g/mol. The molecule has 0 amide bonds. The molecule has 1 fully saturated rings. The fourth-order valence-corrected chi connectivity index (χ4v) is 4.80. The largest absolute Gasteiger partial charge is 0.507 e. The highest BCUT2D eigenvalue weighted by Crippen LogP contribution is 2.40. The fraction of sp³-hybridized carbons (Fsp3) is 0.484. The van der Waals surface area contributed by atoms with E-state index in [1.165, 1.54) is 5.56 Å². The number of nitrogens with zero attached hydrogens (tertiary/aromatic N) is 1. The van der Waals surface area contributed by atoms with E-state index in [9.17, 15) is 9.90 Å². The molecule has 36 heavy (non-hydrogen) atoms. The second kappa shape index (κ2) is 11.3. The molecule has 1 saturated heterocycles. The topological polar surface area (TPSA) is 64.4 Å². The second-order valence-electron chi connectivity index (χ2n) is 12.1. The number of nitrogens with one attached hydrogen (secondary N) is 1. The molecule has 1 unspecified atom stereocenters. The van der Waals surface area contributed by atoms with Crippen LogP contribution < -0.4 is 0 Å². The van der Waals surface area contributed by atoms with E-state index in [0.29, 0.717) is 17.9 Å². The number of likely N-dealkylation sites (tertiary alicyclic amines) is 1. The average molecular weight is 556 g/mol. The van der Waals surface area contributed by atoms with Crippen LogP contribution in [0.25, 0.3) is 6.08 Å². The number of Topliss-reactive ketones (excluding diaryl/α,β-unsaturated/α-hetero) is 1. The van der Waals surface area contributed by atoms with E-state index in [2.05, 4.69) is 85.7 Å². The molecular formula is C31H43BrN2O2. The summed E-state index contributed by atoms with van der Waals surface area (Å²) in [4.78, 5) is 15.5. The van der Waals surface area contributed by atoms with Gasteiger partial charge in [-0.05, 0) is 53.5 Å². The first-order valence-electron chi connectivity index (χ1n) is 12.8. The SMILES string of the molecule is Br.CCCC1CN(CC(=O)c2cc(C(C)(C)C)c(O)c(C(C)(C)C)c2)C(=N)/C1=C\c1ccc(C)cc1. The zero-order valence-corrected chi connectivity index (χ0v) is 24.9. The maximum absolute atomic E-state index is 13.5. The lowest BCUT2D eigenvalue weighted by Crippen LogP contribution is -2.31. The molecule has 0 aliphatic carbocycles. The Kier molecular flexibility index (Phi) is 9.39. The molecule has 1 atom stereocenters. The molecule has 1 heterocycles. The molecule has 0 saturated carbocycles. The Morgan fingerprint density at radius 2 is 1.58 bits per heavy atom. The Hall–Kier alpha value is -2.40. The van der Waals surface area contributed by atoms with Gasteiger partial charge in [0, 0.05) is 29.2 Å². The lowest BCUT2D eigenvalue weighted by Gasteiger charge is -2.28. The molecule has 1 aliphatic heterocycles. The maximum Gasteiger partial charge on any atom is 0.182 e. The van der Waals surface area contributed by atoms with Crippen molar-refractivity contribution in [3.05, 3.63) is 69.8 Å². The average Bonchev–Trinajstić information content (AvgIpc) is 3.03. The van der Waals surface area contributed by atoms with Crippen LogP contribution in [0.2, 0.25) is 0 Å². The highest BCUT2D eigenvalue weighted by molar-refractivity contribution is 8.93. The van der Waals surface area contributed by atoms with Crippen LogP contribution in [-0.2, 0) is 10.8 Å². The maximum atomic E-state index is 13.5. The molecule has 2 N–H and O–H groups in total. The molecule has 5 heteroatoms. The normalized spacial score (nSPS) is 17.4. The molecular weight excluding hydrogens is 512 g/mol. The molecule has 1 aliphatic rings. The molecule has 0 bridgehead atoms. The van der Waals surface area contributed by atoms with Gasteiger partial charge in [0.2, 0.25) is 0 Å². The summed E-state index contributed by atoms with van der Waals surface area (Å²) in [5.41, 5.74) is 4.90. The van der Waals surface area contributed by atoms with Gasteiger partial charge in [-0.2, -0.15) is 0 Å². The predicted octanol–water partition coefficient (Wildman–Crippen LogP) is 7.85. The number of halogens is 1. The summed E-state index contributed by atoms with van der Waals surface area (Å²) in [6, 6.07) is 12.0. The third-order valence-corrected chi connectivity index (χ3v) is 6.89. The summed E-state index contributed by atoms with van der Waals surface area (Å²) < 4.78 is 0. The number of phenols is 1. The number of rotatable bonds is 6. The molecule has 0 aromatic heterocycles. The minimum absolute atomic E-state index is 0. The van der Waals surface area contributed by atoms with Gasteiger partial charge in [-0.1, -0.05) is 84.7 Å². The van der Waals surface area contributed by atoms with Crippen LogP contribution in [0.1, 0.15) is 93.9 Å². The standard InChI is InChI=1S/C31H42N2O2.BrH/c1-9-10-22-18-33(29(32)24(22)15-21-13-11-20(2)12-14-21)19-27(34)23-16-25(30(3,4)5)28(35)26(17-23)31(6,7)8;/h11-17,22,32,35H,9-10,18-19H2,1-8H3;1H/b24-15-,32-29?;. The Morgan fingerprint density at radius 3 is 2.06 bits per heavy atom. The van der Waals surface area contributed by atoms with Crippen molar-refractivity contribution in [2.24, 2.45) is 5.92 Å². The third kappa shape index (κ3) is 6.67. The number of phenolic OH excluding ortho intramolecular Hbond substituents is 1. The summed E-state index contributed by atoms with van der Waals surface area (Å²) in [6.45, 7) is 17.4. The number of aromatic hydroxyl groups is 1. The molecule has 2 aromatic rings. The number of carbonyl (C=O) groups is 1. The van der Waals surface area contributed by atoms with Crippen LogP contribution in [0, 0.1) is 18.3 Å². The van der Waals surface area contributed by atoms with Crippen LogP contribution in [0.15, 0.2) is 42.0 Å². The van der Waals surface area contributed by atoms with Crippen molar-refractivity contribution in [3.8, 4) is 5.75 Å². The molecule has 0 radical (unpaired) electrons. The van der Waals surface area contributed by atoms with Crippen molar-refractivity contribution < 1.29 is 9.90 Å². The van der Waals surface area contributed by atoms with Crippen molar-refractivity contribution in [2.75, 3.05) is 13.1 Å². The van der Waals surface area contributed by atoms with E-state index in [1.807, 2.05) is 17.0 Å². The summed E-state index contributed by atoms with van der Waals surface area (Å²) in [5.74, 6) is 0.958. The van der Waals surface area contributed by atoms with Crippen LogP contribution in [0.4, 0.5) is 0 Å². The molecule has 3 rings (SSSR count). The summed E-state index contributed by atoms with van der Waals surface area (Å²) in [6.07, 6.45) is 4.14. The van der Waals surface area contributed by atoms with Gasteiger partial charge < -0.3 is 10.0 Å². The number of carbonyl (C=O) groups excluding carboxylic acids is 1.